The van der Waals surface area contributed by atoms with E-state index in [9.17, 15) is 10.4 Å². The standard InChI is InChI=1S/C19H22N4O/c1-13-16(11-20)17(23(21-13)15-5-3-2-4-6-15)12-22-10-9-14-7-8-18(24)19(14)22/h2-6,14,18-19,24H,7-10,12H2,1H3/t14-,18+,19+/m0/s1. The van der Waals surface area contributed by atoms with Crippen molar-refractivity contribution in [3.05, 3.63) is 47.3 Å². The number of benzene rings is 1. The highest BCUT2D eigenvalue weighted by Gasteiger charge is 2.43. The van der Waals surface area contributed by atoms with Crippen LogP contribution in [-0.4, -0.2) is 38.5 Å². The van der Waals surface area contributed by atoms with Crippen molar-refractivity contribution in [3.63, 3.8) is 0 Å². The van der Waals surface area contributed by atoms with Gasteiger partial charge in [-0.05, 0) is 50.8 Å². The summed E-state index contributed by atoms with van der Waals surface area (Å²) in [4.78, 5) is 2.35. The highest BCUT2D eigenvalue weighted by atomic mass is 16.3. The van der Waals surface area contributed by atoms with Crippen LogP contribution in [0.1, 0.15) is 36.2 Å². The fourth-order valence-electron chi connectivity index (χ4n) is 4.40. The molecule has 124 valence electrons. The summed E-state index contributed by atoms with van der Waals surface area (Å²) in [6, 6.07) is 12.5. The molecule has 2 aromatic rings. The van der Waals surface area contributed by atoms with Crippen LogP contribution in [0, 0.1) is 24.2 Å². The van der Waals surface area contributed by atoms with Gasteiger partial charge in [-0.3, -0.25) is 4.90 Å². The van der Waals surface area contributed by atoms with E-state index in [1.807, 2.05) is 41.9 Å². The van der Waals surface area contributed by atoms with Crippen molar-refractivity contribution in [2.24, 2.45) is 5.92 Å². The number of nitriles is 1. The summed E-state index contributed by atoms with van der Waals surface area (Å²) < 4.78 is 1.89. The molecule has 4 rings (SSSR count). The van der Waals surface area contributed by atoms with Crippen LogP contribution in [0.25, 0.3) is 5.69 Å². The Hall–Kier alpha value is -2.16. The number of aryl methyl sites for hydroxylation is 1. The minimum absolute atomic E-state index is 0.232. The molecule has 0 unspecified atom stereocenters. The van der Waals surface area contributed by atoms with Gasteiger partial charge < -0.3 is 5.11 Å². The summed E-state index contributed by atoms with van der Waals surface area (Å²) in [7, 11) is 0. The minimum Gasteiger partial charge on any atom is -0.391 e. The van der Waals surface area contributed by atoms with Gasteiger partial charge in [0.05, 0.1) is 28.7 Å². The molecule has 3 atom stereocenters. The molecule has 1 aromatic carbocycles. The van der Waals surface area contributed by atoms with Gasteiger partial charge in [-0.25, -0.2) is 4.68 Å². The average Bonchev–Trinajstić information content (AvgIpc) is 3.25. The molecule has 1 aromatic heterocycles. The summed E-state index contributed by atoms with van der Waals surface area (Å²) in [5, 5.41) is 24.5. The van der Waals surface area contributed by atoms with E-state index >= 15 is 0 Å². The summed E-state index contributed by atoms with van der Waals surface area (Å²) in [6.45, 7) is 3.53. The molecule has 1 saturated carbocycles. The van der Waals surface area contributed by atoms with E-state index in [1.54, 1.807) is 0 Å². The molecule has 1 N–H and O–H groups in total. The molecular weight excluding hydrogens is 300 g/mol. The number of fused-ring (bicyclic) bond motifs is 1. The van der Waals surface area contributed by atoms with Gasteiger partial charge in [-0.1, -0.05) is 18.2 Å². The van der Waals surface area contributed by atoms with Crippen LogP contribution >= 0.6 is 0 Å². The molecule has 2 heterocycles. The summed E-state index contributed by atoms with van der Waals surface area (Å²) >= 11 is 0. The maximum atomic E-state index is 10.3. The Bertz CT molecular complexity index is 777. The fourth-order valence-corrected chi connectivity index (χ4v) is 4.40. The van der Waals surface area contributed by atoms with E-state index in [-0.39, 0.29) is 12.1 Å². The predicted octanol–water partition coefficient (Wildman–Crippen LogP) is 2.40. The molecule has 1 aliphatic carbocycles. The zero-order chi connectivity index (χ0) is 16.7. The second kappa shape index (κ2) is 6.04. The number of hydrogen-bond donors (Lipinski definition) is 1. The molecule has 0 radical (unpaired) electrons. The van der Waals surface area contributed by atoms with E-state index in [4.69, 9.17) is 0 Å². The third kappa shape index (κ3) is 2.43. The number of nitrogens with zero attached hydrogens (tertiary/aromatic N) is 4. The zero-order valence-corrected chi connectivity index (χ0v) is 13.9. The van der Waals surface area contributed by atoms with Gasteiger partial charge in [0.15, 0.2) is 0 Å². The van der Waals surface area contributed by atoms with Crippen molar-refractivity contribution in [1.82, 2.24) is 14.7 Å². The average molecular weight is 322 g/mol. The first kappa shape index (κ1) is 15.4. The molecule has 0 bridgehead atoms. The quantitative estimate of drug-likeness (QED) is 0.942. The van der Waals surface area contributed by atoms with Crippen molar-refractivity contribution in [1.29, 1.82) is 5.26 Å². The topological polar surface area (TPSA) is 65.1 Å². The Morgan fingerprint density at radius 2 is 2.04 bits per heavy atom. The van der Waals surface area contributed by atoms with Crippen molar-refractivity contribution >= 4 is 0 Å². The van der Waals surface area contributed by atoms with Crippen molar-refractivity contribution in [2.45, 2.75) is 44.9 Å². The van der Waals surface area contributed by atoms with Gasteiger partial charge in [0.2, 0.25) is 0 Å². The van der Waals surface area contributed by atoms with Crippen molar-refractivity contribution < 1.29 is 5.11 Å². The van der Waals surface area contributed by atoms with Crippen molar-refractivity contribution in [2.75, 3.05) is 6.54 Å². The van der Waals surface area contributed by atoms with E-state index in [0.29, 0.717) is 18.0 Å². The third-order valence-corrected chi connectivity index (χ3v) is 5.54. The molecule has 0 spiro atoms. The monoisotopic (exact) mass is 322 g/mol. The Kier molecular flexibility index (Phi) is 3.87. The Morgan fingerprint density at radius 3 is 2.79 bits per heavy atom. The lowest BCUT2D eigenvalue weighted by Gasteiger charge is -2.27. The zero-order valence-electron chi connectivity index (χ0n) is 13.9. The van der Waals surface area contributed by atoms with Gasteiger partial charge in [0.25, 0.3) is 0 Å². The van der Waals surface area contributed by atoms with Gasteiger partial charge in [-0.15, -0.1) is 0 Å². The molecule has 1 aliphatic heterocycles. The second-order valence-electron chi connectivity index (χ2n) is 6.92. The van der Waals surface area contributed by atoms with Crippen LogP contribution in [0.4, 0.5) is 0 Å². The number of likely N-dealkylation sites (tertiary alicyclic amines) is 1. The number of aliphatic hydroxyl groups excluding tert-OH is 1. The largest absolute Gasteiger partial charge is 0.391 e. The Balaban J connectivity index is 1.71. The van der Waals surface area contributed by atoms with E-state index < -0.39 is 0 Å². The lowest BCUT2D eigenvalue weighted by molar-refractivity contribution is 0.0797. The minimum atomic E-state index is -0.239. The van der Waals surface area contributed by atoms with Crippen LogP contribution in [0.3, 0.4) is 0 Å². The molecule has 2 fully saturated rings. The molecular formula is C19H22N4O. The van der Waals surface area contributed by atoms with Crippen molar-refractivity contribution in [3.8, 4) is 11.8 Å². The Morgan fingerprint density at radius 1 is 1.25 bits per heavy atom. The van der Waals surface area contributed by atoms with Gasteiger partial charge in [-0.2, -0.15) is 10.4 Å². The molecule has 2 aliphatic rings. The lowest BCUT2D eigenvalue weighted by atomic mass is 10.0. The molecule has 5 heteroatoms. The third-order valence-electron chi connectivity index (χ3n) is 5.54. The highest BCUT2D eigenvalue weighted by Crippen LogP contribution is 2.39. The molecule has 0 amide bonds. The first-order valence-electron chi connectivity index (χ1n) is 8.65. The fraction of sp³-hybridized carbons (Fsp3) is 0.474. The maximum Gasteiger partial charge on any atom is 0.103 e. The maximum absolute atomic E-state index is 10.3. The summed E-state index contributed by atoms with van der Waals surface area (Å²) in [6.07, 6.45) is 2.91. The van der Waals surface area contributed by atoms with Crippen LogP contribution < -0.4 is 0 Å². The van der Waals surface area contributed by atoms with E-state index in [2.05, 4.69) is 16.1 Å². The summed E-state index contributed by atoms with van der Waals surface area (Å²) in [5.41, 5.74) is 3.33. The number of rotatable bonds is 3. The van der Waals surface area contributed by atoms with E-state index in [1.165, 1.54) is 0 Å². The first-order valence-corrected chi connectivity index (χ1v) is 8.65. The van der Waals surface area contributed by atoms with Gasteiger partial charge in [0, 0.05) is 12.6 Å². The SMILES string of the molecule is Cc1nn(-c2ccccc2)c(CN2CC[C@@H]3CC[C@@H](O)[C@@H]32)c1C#N. The lowest BCUT2D eigenvalue weighted by Crippen LogP contribution is -2.38. The van der Waals surface area contributed by atoms with Crippen LogP contribution in [0.15, 0.2) is 30.3 Å². The van der Waals surface area contributed by atoms with Gasteiger partial charge in [0.1, 0.15) is 6.07 Å². The number of aliphatic hydroxyl groups is 1. The first-order chi connectivity index (χ1) is 11.7. The predicted molar refractivity (Wildman–Crippen MR) is 90.6 cm³/mol. The van der Waals surface area contributed by atoms with Crippen LogP contribution in [0.5, 0.6) is 0 Å². The molecule has 5 nitrogen and oxygen atoms in total. The van der Waals surface area contributed by atoms with Crippen LogP contribution in [0.2, 0.25) is 0 Å². The number of para-hydroxylation sites is 1. The molecule has 24 heavy (non-hydrogen) atoms. The van der Waals surface area contributed by atoms with Gasteiger partial charge >= 0.3 is 0 Å². The van der Waals surface area contributed by atoms with Crippen LogP contribution in [-0.2, 0) is 6.54 Å². The Labute approximate surface area is 142 Å². The second-order valence-corrected chi connectivity index (χ2v) is 6.92. The normalized spacial score (nSPS) is 26.5. The number of aromatic nitrogens is 2. The summed E-state index contributed by atoms with van der Waals surface area (Å²) in [5.74, 6) is 0.597. The number of hydrogen-bond acceptors (Lipinski definition) is 4. The smallest absolute Gasteiger partial charge is 0.103 e. The highest BCUT2D eigenvalue weighted by molar-refractivity contribution is 5.43. The van der Waals surface area contributed by atoms with E-state index in [0.717, 1.165) is 42.9 Å². The molecule has 1 saturated heterocycles.